The zero-order chi connectivity index (χ0) is 14.7. The normalized spacial score (nSPS) is 17.8. The molecular weight excluding hydrogens is 322 g/mol. The third kappa shape index (κ3) is 3.39. The van der Waals surface area contributed by atoms with Crippen molar-refractivity contribution in [3.8, 4) is 0 Å². The van der Waals surface area contributed by atoms with E-state index in [1.54, 1.807) is 4.90 Å². The van der Waals surface area contributed by atoms with E-state index < -0.39 is 5.97 Å². The van der Waals surface area contributed by atoms with Crippen molar-refractivity contribution in [2.45, 2.75) is 25.7 Å². The standard InChI is InChI=1S/C15H18BrNO3/c1-10(11-2-4-13(16)5-3-11)14(18)17-8-6-12(7-9-17)15(19)20/h2-5,10,12H,6-9H2,1H3,(H,19,20). The van der Waals surface area contributed by atoms with Crippen LogP contribution >= 0.6 is 15.9 Å². The van der Waals surface area contributed by atoms with E-state index in [1.807, 2.05) is 31.2 Å². The number of carboxylic acids is 1. The maximum absolute atomic E-state index is 12.4. The van der Waals surface area contributed by atoms with E-state index in [9.17, 15) is 9.59 Å². The number of aliphatic carboxylic acids is 1. The average Bonchev–Trinajstić information content (AvgIpc) is 2.46. The highest BCUT2D eigenvalue weighted by atomic mass is 79.9. The molecule has 0 aliphatic carbocycles. The Bertz CT molecular complexity index is 492. The fourth-order valence-corrected chi connectivity index (χ4v) is 2.78. The van der Waals surface area contributed by atoms with Crippen LogP contribution in [0.25, 0.3) is 0 Å². The lowest BCUT2D eigenvalue weighted by molar-refractivity contribution is -0.146. The molecule has 1 amide bonds. The van der Waals surface area contributed by atoms with E-state index in [0.29, 0.717) is 25.9 Å². The molecule has 0 bridgehead atoms. The summed E-state index contributed by atoms with van der Waals surface area (Å²) in [7, 11) is 0. The number of halogens is 1. The Morgan fingerprint density at radius 3 is 2.30 bits per heavy atom. The summed E-state index contributed by atoms with van der Waals surface area (Å²) in [6, 6.07) is 7.73. The van der Waals surface area contributed by atoms with Crippen LogP contribution in [-0.2, 0) is 9.59 Å². The third-order valence-electron chi connectivity index (χ3n) is 3.90. The SMILES string of the molecule is CC(C(=O)N1CCC(C(=O)O)CC1)c1ccc(Br)cc1. The van der Waals surface area contributed by atoms with Gasteiger partial charge in [-0.15, -0.1) is 0 Å². The second-order valence-electron chi connectivity index (χ2n) is 5.21. The van der Waals surface area contributed by atoms with Gasteiger partial charge in [-0.1, -0.05) is 28.1 Å². The Morgan fingerprint density at radius 2 is 1.80 bits per heavy atom. The van der Waals surface area contributed by atoms with E-state index in [0.717, 1.165) is 10.0 Å². The minimum Gasteiger partial charge on any atom is -0.481 e. The predicted molar refractivity (Wildman–Crippen MR) is 79.5 cm³/mol. The molecule has 0 saturated carbocycles. The molecule has 1 aliphatic heterocycles. The Kier molecular flexibility index (Phi) is 4.81. The maximum atomic E-state index is 12.4. The largest absolute Gasteiger partial charge is 0.481 e. The predicted octanol–water partition coefficient (Wildman–Crippen LogP) is 2.88. The number of nitrogens with zero attached hydrogens (tertiary/aromatic N) is 1. The summed E-state index contributed by atoms with van der Waals surface area (Å²) in [5, 5.41) is 8.97. The number of hydrogen-bond donors (Lipinski definition) is 1. The highest BCUT2D eigenvalue weighted by Crippen LogP contribution is 2.24. The van der Waals surface area contributed by atoms with Crippen LogP contribution < -0.4 is 0 Å². The van der Waals surface area contributed by atoms with Crippen molar-refractivity contribution < 1.29 is 14.7 Å². The lowest BCUT2D eigenvalue weighted by Gasteiger charge is -2.32. The molecule has 1 N–H and O–H groups in total. The summed E-state index contributed by atoms with van der Waals surface area (Å²) >= 11 is 3.38. The van der Waals surface area contributed by atoms with Crippen LogP contribution in [0.3, 0.4) is 0 Å². The summed E-state index contributed by atoms with van der Waals surface area (Å²) in [6.07, 6.45) is 1.10. The first kappa shape index (κ1) is 15.0. The molecule has 20 heavy (non-hydrogen) atoms. The Labute approximate surface area is 126 Å². The van der Waals surface area contributed by atoms with E-state index >= 15 is 0 Å². The smallest absolute Gasteiger partial charge is 0.306 e. The first-order valence-electron chi connectivity index (χ1n) is 6.76. The maximum Gasteiger partial charge on any atom is 0.306 e. The molecule has 1 aromatic rings. The number of rotatable bonds is 3. The van der Waals surface area contributed by atoms with Gasteiger partial charge in [0.15, 0.2) is 0 Å². The van der Waals surface area contributed by atoms with Crippen molar-refractivity contribution in [2.75, 3.05) is 13.1 Å². The molecule has 1 aromatic carbocycles. The van der Waals surface area contributed by atoms with Gasteiger partial charge in [0, 0.05) is 17.6 Å². The fraction of sp³-hybridized carbons (Fsp3) is 0.467. The summed E-state index contributed by atoms with van der Waals surface area (Å²) in [4.78, 5) is 25.1. The zero-order valence-corrected chi connectivity index (χ0v) is 13.0. The first-order chi connectivity index (χ1) is 9.49. The van der Waals surface area contributed by atoms with Crippen molar-refractivity contribution in [3.63, 3.8) is 0 Å². The summed E-state index contributed by atoms with van der Waals surface area (Å²) in [5.41, 5.74) is 0.985. The minimum absolute atomic E-state index is 0.0798. The second kappa shape index (κ2) is 6.39. The van der Waals surface area contributed by atoms with Crippen molar-refractivity contribution in [1.82, 2.24) is 4.90 Å². The molecule has 1 unspecified atom stereocenters. The van der Waals surface area contributed by atoms with Gasteiger partial charge in [-0.05, 0) is 37.5 Å². The Hall–Kier alpha value is -1.36. The second-order valence-corrected chi connectivity index (χ2v) is 6.13. The van der Waals surface area contributed by atoms with Crippen LogP contribution in [0, 0.1) is 5.92 Å². The third-order valence-corrected chi connectivity index (χ3v) is 4.42. The van der Waals surface area contributed by atoms with Gasteiger partial charge >= 0.3 is 5.97 Å². The fourth-order valence-electron chi connectivity index (χ4n) is 2.51. The van der Waals surface area contributed by atoms with Gasteiger partial charge < -0.3 is 10.0 Å². The summed E-state index contributed by atoms with van der Waals surface area (Å²) in [6.45, 7) is 2.97. The number of carboxylic acid groups (broad SMARTS) is 1. The van der Waals surface area contributed by atoms with Crippen LogP contribution in [-0.4, -0.2) is 35.0 Å². The van der Waals surface area contributed by atoms with Crippen LogP contribution in [0.5, 0.6) is 0 Å². The van der Waals surface area contributed by atoms with Gasteiger partial charge in [0.1, 0.15) is 0 Å². The van der Waals surface area contributed by atoms with Gasteiger partial charge in [0.2, 0.25) is 5.91 Å². The molecule has 0 spiro atoms. The van der Waals surface area contributed by atoms with Gasteiger partial charge in [0.05, 0.1) is 11.8 Å². The van der Waals surface area contributed by atoms with Crippen LogP contribution in [0.2, 0.25) is 0 Å². The van der Waals surface area contributed by atoms with Crippen LogP contribution in [0.1, 0.15) is 31.2 Å². The molecular formula is C15H18BrNO3. The van der Waals surface area contributed by atoms with Crippen molar-refractivity contribution in [3.05, 3.63) is 34.3 Å². The van der Waals surface area contributed by atoms with E-state index in [1.165, 1.54) is 0 Å². The Balaban J connectivity index is 1.98. The monoisotopic (exact) mass is 339 g/mol. The number of carbonyl (C=O) groups is 2. The van der Waals surface area contributed by atoms with Crippen molar-refractivity contribution >= 4 is 27.8 Å². The molecule has 1 saturated heterocycles. The van der Waals surface area contributed by atoms with Gasteiger partial charge in [-0.2, -0.15) is 0 Å². The molecule has 1 fully saturated rings. The highest BCUT2D eigenvalue weighted by molar-refractivity contribution is 9.10. The van der Waals surface area contributed by atoms with E-state index in [4.69, 9.17) is 5.11 Å². The Morgan fingerprint density at radius 1 is 1.25 bits per heavy atom. The van der Waals surface area contributed by atoms with Gasteiger partial charge in [0.25, 0.3) is 0 Å². The first-order valence-corrected chi connectivity index (χ1v) is 7.55. The van der Waals surface area contributed by atoms with Crippen LogP contribution in [0.15, 0.2) is 28.7 Å². The molecule has 5 heteroatoms. The van der Waals surface area contributed by atoms with Gasteiger partial charge in [-0.3, -0.25) is 9.59 Å². The lowest BCUT2D eigenvalue weighted by Crippen LogP contribution is -2.42. The number of likely N-dealkylation sites (tertiary alicyclic amines) is 1. The average molecular weight is 340 g/mol. The molecule has 4 nitrogen and oxygen atoms in total. The number of amides is 1. The molecule has 108 valence electrons. The number of benzene rings is 1. The number of hydrogen-bond acceptors (Lipinski definition) is 2. The van der Waals surface area contributed by atoms with E-state index in [2.05, 4.69) is 15.9 Å². The number of piperidine rings is 1. The van der Waals surface area contributed by atoms with Gasteiger partial charge in [-0.25, -0.2) is 0 Å². The molecule has 0 radical (unpaired) electrons. The van der Waals surface area contributed by atoms with Crippen LogP contribution in [0.4, 0.5) is 0 Å². The molecule has 2 rings (SSSR count). The molecule has 1 aliphatic rings. The lowest BCUT2D eigenvalue weighted by atomic mass is 9.94. The van der Waals surface area contributed by atoms with E-state index in [-0.39, 0.29) is 17.7 Å². The quantitative estimate of drug-likeness (QED) is 0.921. The minimum atomic E-state index is -0.752. The van der Waals surface area contributed by atoms with Crippen molar-refractivity contribution in [1.29, 1.82) is 0 Å². The summed E-state index contributed by atoms with van der Waals surface area (Å²) in [5.74, 6) is -1.17. The molecule has 1 heterocycles. The number of carbonyl (C=O) groups excluding carboxylic acids is 1. The zero-order valence-electron chi connectivity index (χ0n) is 11.4. The highest BCUT2D eigenvalue weighted by Gasteiger charge is 2.29. The molecule has 0 aromatic heterocycles. The summed E-state index contributed by atoms with van der Waals surface area (Å²) < 4.78 is 0.989. The topological polar surface area (TPSA) is 57.6 Å². The van der Waals surface area contributed by atoms with Crippen molar-refractivity contribution in [2.24, 2.45) is 5.92 Å². The molecule has 1 atom stereocenters.